The summed E-state index contributed by atoms with van der Waals surface area (Å²) in [6.07, 6.45) is 0. The average Bonchev–Trinajstić information content (AvgIpc) is 3.76. The van der Waals surface area contributed by atoms with E-state index in [2.05, 4.69) is 133 Å². The zero-order valence-electron chi connectivity index (χ0n) is 26.6. The Morgan fingerprint density at radius 1 is 0.360 bits per heavy atom. The molecule has 4 aromatic heterocycles. The monoisotopic (exact) mass is 671 g/mol. The standard InChI is InChI=1S/C45H25N3S2/c1-2-9-26(10-3-1)43-46-44-30-12-6-11-27(23-30)36-24-29(32-14-7-15-34-33-13-4-5-17-38(33)50-42(32)34)19-21-31(36)28-20-22-39-37(25-28)41-35(45(47-43)48-44)16-8-18-40(41)49-39/h1-25H. The minimum atomic E-state index is 0.665. The van der Waals surface area contributed by atoms with Crippen LogP contribution < -0.4 is 0 Å². The molecule has 0 fully saturated rings. The van der Waals surface area contributed by atoms with Gasteiger partial charge in [-0.1, -0.05) is 115 Å². The van der Waals surface area contributed by atoms with E-state index in [1.165, 1.54) is 67.6 Å². The first-order chi connectivity index (χ1) is 24.7. The minimum Gasteiger partial charge on any atom is -0.208 e. The van der Waals surface area contributed by atoms with Crippen LogP contribution in [-0.2, 0) is 0 Å². The van der Waals surface area contributed by atoms with Crippen molar-refractivity contribution in [2.45, 2.75) is 0 Å². The highest BCUT2D eigenvalue weighted by molar-refractivity contribution is 7.26. The van der Waals surface area contributed by atoms with Gasteiger partial charge in [0.15, 0.2) is 17.1 Å². The first-order valence-electron chi connectivity index (χ1n) is 16.7. The van der Waals surface area contributed by atoms with E-state index >= 15 is 0 Å². The first-order valence-corrected chi connectivity index (χ1v) is 18.3. The zero-order valence-corrected chi connectivity index (χ0v) is 28.2. The molecule has 0 aliphatic rings. The van der Waals surface area contributed by atoms with Crippen LogP contribution in [-0.4, -0.2) is 15.0 Å². The lowest BCUT2D eigenvalue weighted by atomic mass is 9.97. The predicted molar refractivity (Wildman–Crippen MR) is 215 cm³/mol. The van der Waals surface area contributed by atoms with Gasteiger partial charge < -0.3 is 0 Å². The van der Waals surface area contributed by atoms with Crippen molar-refractivity contribution in [3.8, 4) is 22.5 Å². The van der Waals surface area contributed by atoms with E-state index in [9.17, 15) is 0 Å². The maximum Gasteiger partial charge on any atom is 0.164 e. The van der Waals surface area contributed by atoms with Gasteiger partial charge in [-0.3, -0.25) is 0 Å². The van der Waals surface area contributed by atoms with Gasteiger partial charge in [0.25, 0.3) is 0 Å². The molecular formula is C45H25N3S2. The summed E-state index contributed by atoms with van der Waals surface area (Å²) in [7, 11) is 0. The van der Waals surface area contributed by atoms with Crippen molar-refractivity contribution in [1.29, 1.82) is 0 Å². The molecule has 0 aliphatic carbocycles. The molecule has 50 heavy (non-hydrogen) atoms. The van der Waals surface area contributed by atoms with Crippen molar-refractivity contribution in [2.75, 3.05) is 0 Å². The number of rotatable bonds is 2. The Labute approximate surface area is 294 Å². The zero-order chi connectivity index (χ0) is 32.8. The summed E-state index contributed by atoms with van der Waals surface area (Å²) in [5.74, 6) is 0.669. The van der Waals surface area contributed by atoms with E-state index in [0.29, 0.717) is 17.1 Å². The Hall–Kier alpha value is -6.01. The van der Waals surface area contributed by atoms with E-state index < -0.39 is 0 Å². The topological polar surface area (TPSA) is 38.7 Å². The van der Waals surface area contributed by atoms with Crippen molar-refractivity contribution in [1.82, 2.24) is 15.0 Å². The predicted octanol–water partition coefficient (Wildman–Crippen LogP) is 13.1. The smallest absolute Gasteiger partial charge is 0.164 e. The Bertz CT molecular complexity index is 3210. The third kappa shape index (κ3) is 4.24. The maximum atomic E-state index is 5.19. The van der Waals surface area contributed by atoms with Crippen LogP contribution >= 0.6 is 22.7 Å². The van der Waals surface area contributed by atoms with E-state index in [0.717, 1.165) is 21.7 Å². The summed E-state index contributed by atoms with van der Waals surface area (Å²) in [6.45, 7) is 0. The first kappa shape index (κ1) is 27.9. The van der Waals surface area contributed by atoms with Crippen molar-refractivity contribution < 1.29 is 0 Å². The normalized spacial score (nSPS) is 12.0. The molecule has 0 N–H and O–H groups in total. The molecule has 0 unspecified atom stereocenters. The maximum absolute atomic E-state index is 5.19. The quantitative estimate of drug-likeness (QED) is 0.184. The van der Waals surface area contributed by atoms with Crippen LogP contribution in [0.2, 0.25) is 0 Å². The second kappa shape index (κ2) is 10.7. The molecule has 0 aliphatic heterocycles. The Balaban J connectivity index is 1.31. The van der Waals surface area contributed by atoms with E-state index in [4.69, 9.17) is 15.0 Å². The minimum absolute atomic E-state index is 0.665. The fourth-order valence-electron chi connectivity index (χ4n) is 7.53. The lowest BCUT2D eigenvalue weighted by Crippen LogP contribution is -1.94. The van der Waals surface area contributed by atoms with Crippen LogP contribution in [0, 0.1) is 0 Å². The van der Waals surface area contributed by atoms with E-state index in [-0.39, 0.29) is 0 Å². The van der Waals surface area contributed by atoms with Gasteiger partial charge in [-0.15, -0.1) is 22.7 Å². The molecule has 0 spiro atoms. The van der Waals surface area contributed by atoms with Gasteiger partial charge in [0.1, 0.15) is 0 Å². The van der Waals surface area contributed by atoms with E-state index in [1.807, 2.05) is 40.9 Å². The summed E-state index contributed by atoms with van der Waals surface area (Å²) in [5.41, 5.74) is 4.77. The molecule has 0 radical (unpaired) electrons. The largest absolute Gasteiger partial charge is 0.208 e. The van der Waals surface area contributed by atoms with Crippen LogP contribution in [0.4, 0.5) is 0 Å². The van der Waals surface area contributed by atoms with Crippen LogP contribution in [0.3, 0.4) is 0 Å². The SMILES string of the molecule is c1ccc(-c2nc3nc(n2)c2cccc4sc5ccc(cc5c42)c2ccc(-c4cccc5c4sc4ccccc45)cc2c2cccc3c2)cc1. The van der Waals surface area contributed by atoms with Gasteiger partial charge in [0.2, 0.25) is 0 Å². The highest BCUT2D eigenvalue weighted by Gasteiger charge is 2.14. The summed E-state index contributed by atoms with van der Waals surface area (Å²) in [4.78, 5) is 15.4. The fourth-order valence-corrected chi connectivity index (χ4v) is 9.88. The van der Waals surface area contributed by atoms with Gasteiger partial charge in [0, 0.05) is 56.7 Å². The third-order valence-electron chi connectivity index (χ3n) is 9.88. The Morgan fingerprint density at radius 2 is 1.10 bits per heavy atom. The number of fused-ring (bicyclic) bond motifs is 13. The third-order valence-corrected chi connectivity index (χ3v) is 12.2. The van der Waals surface area contributed by atoms with Crippen LogP contribution in [0.5, 0.6) is 0 Å². The summed E-state index contributed by atoms with van der Waals surface area (Å²) in [6, 6.07) is 54.7. The summed E-state index contributed by atoms with van der Waals surface area (Å²) >= 11 is 3.69. The molecule has 7 aromatic carbocycles. The molecule has 3 nitrogen and oxygen atoms in total. The van der Waals surface area contributed by atoms with Crippen molar-refractivity contribution in [3.63, 3.8) is 0 Å². The van der Waals surface area contributed by atoms with Gasteiger partial charge in [-0.2, -0.15) is 0 Å². The number of thiophene rings is 2. The molecule has 4 heterocycles. The highest BCUT2D eigenvalue weighted by Crippen LogP contribution is 2.42. The van der Waals surface area contributed by atoms with Crippen LogP contribution in [0.25, 0.3) is 106 Å². The second-order valence-electron chi connectivity index (χ2n) is 12.8. The number of aromatic nitrogens is 3. The molecule has 0 atom stereocenters. The van der Waals surface area contributed by atoms with Gasteiger partial charge >= 0.3 is 0 Å². The summed E-state index contributed by atoms with van der Waals surface area (Å²) < 4.78 is 5.10. The molecule has 11 rings (SSSR count). The number of hydrogen-bond acceptors (Lipinski definition) is 5. The molecule has 6 bridgehead atoms. The number of nitrogens with zero attached hydrogens (tertiary/aromatic N) is 3. The number of hydrogen-bond donors (Lipinski definition) is 0. The highest BCUT2D eigenvalue weighted by atomic mass is 32.1. The Kier molecular flexibility index (Phi) is 5.99. The molecule has 0 saturated heterocycles. The van der Waals surface area contributed by atoms with Crippen molar-refractivity contribution in [3.05, 3.63) is 152 Å². The Morgan fingerprint density at radius 3 is 2.06 bits per heavy atom. The van der Waals surface area contributed by atoms with Gasteiger partial charge in [-0.25, -0.2) is 15.0 Å². The molecule has 0 amide bonds. The van der Waals surface area contributed by atoms with Crippen LogP contribution in [0.15, 0.2) is 152 Å². The summed E-state index contributed by atoms with van der Waals surface area (Å²) in [5, 5.41) is 11.7. The van der Waals surface area contributed by atoms with Crippen molar-refractivity contribution >= 4 is 107 Å². The average molecular weight is 672 g/mol. The molecular weight excluding hydrogens is 647 g/mol. The number of benzene rings is 7. The van der Waals surface area contributed by atoms with Crippen molar-refractivity contribution in [2.24, 2.45) is 0 Å². The fraction of sp³-hybridized carbons (Fsp3) is 0. The lowest BCUT2D eigenvalue weighted by molar-refractivity contribution is 1.18. The molecule has 11 aromatic rings. The lowest BCUT2D eigenvalue weighted by Gasteiger charge is -2.08. The molecule has 5 heteroatoms. The van der Waals surface area contributed by atoms with Gasteiger partial charge in [0.05, 0.1) is 0 Å². The second-order valence-corrected chi connectivity index (χ2v) is 14.9. The van der Waals surface area contributed by atoms with E-state index in [1.54, 1.807) is 0 Å². The van der Waals surface area contributed by atoms with Gasteiger partial charge in [-0.05, 0) is 69.1 Å². The molecule has 0 saturated carbocycles. The molecule has 232 valence electrons. The van der Waals surface area contributed by atoms with Crippen LogP contribution in [0.1, 0.15) is 0 Å².